The van der Waals surface area contributed by atoms with Crippen LogP contribution in [0.15, 0.2) is 42.0 Å². The second-order valence-corrected chi connectivity index (χ2v) is 25.7. The molecule has 5 aliphatic carbocycles. The summed E-state index contributed by atoms with van der Waals surface area (Å²) in [5.74, 6) is -3.01. The predicted molar refractivity (Wildman–Crippen MR) is 271 cm³/mol. The van der Waals surface area contributed by atoms with E-state index < -0.39 is 152 Å². The standard InChI is InChI=1S/C57H82O21/c1-52(2)21-22-57(51(70)78-50-46(75-37(62)16-11-27-9-12-28(59)13-10-27)44(31(60)26-72-50)76-48-42(67)39(64)38(63)32(25-58)73-48)30(23-52)29-14-15-34-54(5)19-18-36(74-49-43(68)40(65)41(66)45(77-49)47(69)71-8)53(3,4)33(54)17-20-55(34,6)56(29,7)24-35(57)61/h9-14,16,30-36,38-46,48-50,58-61,63-68H,15,17-26H2,1-8H3/b16-11+/t30-,31+,32+,33-,34+,35+,36-,38+,39-,40-,41-,42+,43+,44+,45-,46-,48-,49+,50-,54-,55+,56+,57+/m0/s1. The van der Waals surface area contributed by atoms with Crippen LogP contribution in [0.5, 0.6) is 5.75 Å². The van der Waals surface area contributed by atoms with Crippen LogP contribution in [0.1, 0.15) is 112 Å². The molecular weight excluding hydrogens is 1020 g/mol. The van der Waals surface area contributed by atoms with Crippen LogP contribution in [0.25, 0.3) is 6.08 Å². The summed E-state index contributed by atoms with van der Waals surface area (Å²) >= 11 is 0. The SMILES string of the molecule is COC(=O)[C@H]1O[C@@H](O[C@H]2CC[C@]3(C)[C@H]4CC=C5[C@@H]6CC(C)(C)CC[C@]6(C(=O)O[C@@H]6OC[C@@H](O)[C@@H](O[C@@H]7O[C@H](CO)[C@@H](O)[C@H](O)[C@H]7O)[C@@H]6OC(=O)/C=C/c6ccc(O)cc6)[C@H](O)C[C@@]5(C)[C@]4(C)CC[C@H]3C2(C)C)[C@H](O)[C@@H](O)[C@@H]1O. The zero-order chi connectivity index (χ0) is 56.8. The van der Waals surface area contributed by atoms with E-state index in [1.807, 2.05) is 0 Å². The van der Waals surface area contributed by atoms with Crippen molar-refractivity contribution < 1.29 is 103 Å². The Morgan fingerprint density at radius 1 is 0.718 bits per heavy atom. The van der Waals surface area contributed by atoms with Crippen molar-refractivity contribution in [3.8, 4) is 5.75 Å². The zero-order valence-electron chi connectivity index (χ0n) is 45.8. The van der Waals surface area contributed by atoms with Gasteiger partial charge in [-0.3, -0.25) is 4.79 Å². The Balaban J connectivity index is 0.999. The molecular formula is C57H82O21. The molecule has 23 atom stereocenters. The van der Waals surface area contributed by atoms with Gasteiger partial charge in [-0.25, -0.2) is 9.59 Å². The molecule has 0 radical (unpaired) electrons. The summed E-state index contributed by atoms with van der Waals surface area (Å²) < 4.78 is 47.1. The van der Waals surface area contributed by atoms with Crippen molar-refractivity contribution >= 4 is 24.0 Å². The van der Waals surface area contributed by atoms with Crippen molar-refractivity contribution in [3.63, 3.8) is 0 Å². The molecule has 436 valence electrons. The quantitative estimate of drug-likeness (QED) is 0.0497. The van der Waals surface area contributed by atoms with E-state index in [-0.39, 0.29) is 46.7 Å². The van der Waals surface area contributed by atoms with Gasteiger partial charge in [-0.2, -0.15) is 0 Å². The number of hydrogen-bond donors (Lipinski definition) is 10. The smallest absolute Gasteiger partial charge is 0.337 e. The van der Waals surface area contributed by atoms with Crippen LogP contribution in [0.3, 0.4) is 0 Å². The van der Waals surface area contributed by atoms with Gasteiger partial charge in [0.15, 0.2) is 24.8 Å². The number of hydrogen-bond acceptors (Lipinski definition) is 21. The predicted octanol–water partition coefficient (Wildman–Crippen LogP) is 1.90. The first-order valence-electron chi connectivity index (χ1n) is 27.5. The van der Waals surface area contributed by atoms with Crippen molar-refractivity contribution in [3.05, 3.63) is 47.6 Å². The molecule has 1 aromatic carbocycles. The van der Waals surface area contributed by atoms with Crippen LogP contribution < -0.4 is 0 Å². The summed E-state index contributed by atoms with van der Waals surface area (Å²) in [7, 11) is 1.14. The number of carbonyl (C=O) groups is 3. The maximum atomic E-state index is 15.5. The summed E-state index contributed by atoms with van der Waals surface area (Å²) in [5, 5.41) is 109. The number of aliphatic hydroxyl groups excluding tert-OH is 9. The highest BCUT2D eigenvalue weighted by Crippen LogP contribution is 2.76. The van der Waals surface area contributed by atoms with Gasteiger partial charge in [0.05, 0.1) is 32.5 Å². The maximum absolute atomic E-state index is 15.5. The molecule has 0 aromatic heterocycles. The number of methoxy groups -OCH3 is 1. The number of phenolic OH excluding ortho intramolecular Hbond substituents is 1. The van der Waals surface area contributed by atoms with E-state index in [4.69, 9.17) is 37.9 Å². The number of allylic oxidation sites excluding steroid dienone is 2. The Hall–Kier alpha value is -3.65. The summed E-state index contributed by atoms with van der Waals surface area (Å²) in [6, 6.07) is 5.94. The highest BCUT2D eigenvalue weighted by Gasteiger charge is 2.72. The number of benzene rings is 1. The van der Waals surface area contributed by atoms with E-state index in [0.717, 1.165) is 38.0 Å². The molecule has 8 aliphatic rings. The summed E-state index contributed by atoms with van der Waals surface area (Å²) in [5.41, 5.74) is -1.95. The number of phenols is 1. The maximum Gasteiger partial charge on any atom is 0.337 e. The highest BCUT2D eigenvalue weighted by molar-refractivity contribution is 5.87. The number of rotatable bonds is 11. The first-order valence-corrected chi connectivity index (χ1v) is 27.5. The number of aliphatic hydroxyl groups is 9. The molecule has 21 nitrogen and oxygen atoms in total. The fraction of sp³-hybridized carbons (Fsp3) is 0.772. The molecule has 10 N–H and O–H groups in total. The monoisotopic (exact) mass is 1100 g/mol. The second-order valence-electron chi connectivity index (χ2n) is 25.7. The van der Waals surface area contributed by atoms with E-state index >= 15 is 4.79 Å². The molecule has 7 fully saturated rings. The zero-order valence-corrected chi connectivity index (χ0v) is 45.8. The van der Waals surface area contributed by atoms with Gasteiger partial charge in [0.2, 0.25) is 6.29 Å². The van der Waals surface area contributed by atoms with Crippen molar-refractivity contribution in [1.82, 2.24) is 0 Å². The van der Waals surface area contributed by atoms with Crippen LogP contribution in [0.4, 0.5) is 0 Å². The fourth-order valence-electron chi connectivity index (χ4n) is 16.0. The minimum absolute atomic E-state index is 0.00156. The molecule has 0 unspecified atom stereocenters. The van der Waals surface area contributed by atoms with Crippen LogP contribution in [0, 0.1) is 50.2 Å². The largest absolute Gasteiger partial charge is 0.508 e. The first kappa shape index (κ1) is 59.0. The van der Waals surface area contributed by atoms with E-state index in [0.29, 0.717) is 31.2 Å². The van der Waals surface area contributed by atoms with E-state index in [9.17, 15) is 60.7 Å². The van der Waals surface area contributed by atoms with Crippen molar-refractivity contribution in [1.29, 1.82) is 0 Å². The van der Waals surface area contributed by atoms with Gasteiger partial charge in [-0.15, -0.1) is 0 Å². The van der Waals surface area contributed by atoms with Crippen molar-refractivity contribution in [2.24, 2.45) is 50.2 Å². The van der Waals surface area contributed by atoms with E-state index in [2.05, 4.69) is 54.5 Å². The van der Waals surface area contributed by atoms with Crippen LogP contribution in [0.2, 0.25) is 0 Å². The molecule has 3 aliphatic heterocycles. The third-order valence-electron chi connectivity index (χ3n) is 20.6. The van der Waals surface area contributed by atoms with Crippen molar-refractivity contribution in [2.45, 2.75) is 204 Å². The lowest BCUT2D eigenvalue weighted by molar-refractivity contribution is -0.347. The van der Waals surface area contributed by atoms with Gasteiger partial charge in [-0.05, 0) is 126 Å². The second kappa shape index (κ2) is 21.6. The Labute approximate surface area is 454 Å². The Morgan fingerprint density at radius 3 is 2.05 bits per heavy atom. The summed E-state index contributed by atoms with van der Waals surface area (Å²) in [6.07, 6.45) is -15.4. The number of esters is 3. The van der Waals surface area contributed by atoms with Gasteiger partial charge in [-0.1, -0.05) is 72.2 Å². The Morgan fingerprint density at radius 2 is 1.38 bits per heavy atom. The van der Waals surface area contributed by atoms with Gasteiger partial charge in [0, 0.05) is 6.08 Å². The normalized spacial score (nSPS) is 46.8. The summed E-state index contributed by atoms with van der Waals surface area (Å²) in [4.78, 5) is 41.8. The number of fused-ring (bicyclic) bond motifs is 7. The molecule has 21 heteroatoms. The van der Waals surface area contributed by atoms with E-state index in [1.165, 1.54) is 18.2 Å². The number of carbonyl (C=O) groups excluding carboxylic acids is 3. The van der Waals surface area contributed by atoms with Crippen LogP contribution >= 0.6 is 0 Å². The number of ether oxygens (including phenoxy) is 8. The Kier molecular flexibility index (Phi) is 16.3. The van der Waals surface area contributed by atoms with Gasteiger partial charge < -0.3 is 89.0 Å². The molecule has 3 heterocycles. The van der Waals surface area contributed by atoms with Crippen LogP contribution in [-0.2, 0) is 52.3 Å². The summed E-state index contributed by atoms with van der Waals surface area (Å²) in [6.45, 7) is 14.1. The lowest BCUT2D eigenvalue weighted by Crippen LogP contribution is -2.68. The van der Waals surface area contributed by atoms with E-state index in [1.54, 1.807) is 12.1 Å². The number of aromatic hydroxyl groups is 1. The lowest BCUT2D eigenvalue weighted by Gasteiger charge is -2.71. The highest BCUT2D eigenvalue weighted by atomic mass is 16.8. The molecule has 78 heavy (non-hydrogen) atoms. The Bertz CT molecular complexity index is 2430. The molecule has 0 amide bonds. The van der Waals surface area contributed by atoms with Crippen LogP contribution in [-0.4, -0.2) is 188 Å². The minimum atomic E-state index is -1.91. The fourth-order valence-corrected chi connectivity index (χ4v) is 16.0. The van der Waals surface area contributed by atoms with Gasteiger partial charge >= 0.3 is 17.9 Å². The van der Waals surface area contributed by atoms with Crippen molar-refractivity contribution in [2.75, 3.05) is 20.3 Å². The molecule has 4 saturated carbocycles. The molecule has 0 spiro atoms. The third-order valence-corrected chi connectivity index (χ3v) is 20.6. The topological polar surface area (TPSA) is 327 Å². The van der Waals surface area contributed by atoms with Gasteiger partial charge in [0.1, 0.15) is 66.1 Å². The lowest BCUT2D eigenvalue weighted by atomic mass is 9.33. The molecule has 3 saturated heterocycles. The molecule has 0 bridgehead atoms. The molecule has 1 aromatic rings. The minimum Gasteiger partial charge on any atom is -0.508 e. The average Bonchev–Trinajstić information content (AvgIpc) is 2.34. The first-order chi connectivity index (χ1) is 36.6. The van der Waals surface area contributed by atoms with Gasteiger partial charge in [0.25, 0.3) is 0 Å². The average molecular weight is 1100 g/mol. The molecule has 9 rings (SSSR count). The third kappa shape index (κ3) is 9.85.